The summed E-state index contributed by atoms with van der Waals surface area (Å²) < 4.78 is 5.92. The Kier molecular flexibility index (Phi) is 6.87. The van der Waals surface area contributed by atoms with Crippen molar-refractivity contribution in [3.05, 3.63) is 47.7 Å². The summed E-state index contributed by atoms with van der Waals surface area (Å²) in [5, 5.41) is 6.46. The maximum Gasteiger partial charge on any atom is 0.309 e. The number of nitrogens with one attached hydrogen (secondary N) is 2. The lowest BCUT2D eigenvalue weighted by Crippen LogP contribution is -2.43. The second-order valence-electron chi connectivity index (χ2n) is 7.49. The lowest BCUT2D eigenvalue weighted by Gasteiger charge is -2.22. The van der Waals surface area contributed by atoms with Gasteiger partial charge in [-0.15, -0.1) is 0 Å². The van der Waals surface area contributed by atoms with Gasteiger partial charge in [-0.25, -0.2) is 0 Å². The number of fused-ring (bicyclic) bond motifs is 1. The maximum atomic E-state index is 12.2. The third-order valence-electron chi connectivity index (χ3n) is 5.18. The minimum Gasteiger partial charge on any atom is -0.459 e. The highest BCUT2D eigenvalue weighted by molar-refractivity contribution is 6.35. The lowest BCUT2D eigenvalue weighted by atomic mass is 9.97. The molecule has 0 fully saturated rings. The molecule has 150 valence electrons. The number of likely N-dealkylation sites (N-methyl/N-ethyl adjacent to an activating group) is 1. The van der Waals surface area contributed by atoms with Gasteiger partial charge in [-0.2, -0.15) is 0 Å². The van der Waals surface area contributed by atoms with E-state index in [-0.39, 0.29) is 6.04 Å². The zero-order chi connectivity index (χ0) is 19.9. The quantitative estimate of drug-likeness (QED) is 0.569. The number of para-hydroxylation sites is 1. The molecule has 1 aliphatic carbocycles. The van der Waals surface area contributed by atoms with Gasteiger partial charge >= 0.3 is 11.8 Å². The van der Waals surface area contributed by atoms with Crippen molar-refractivity contribution in [2.75, 3.05) is 27.2 Å². The Bertz CT molecular complexity index is 821. The second-order valence-corrected chi connectivity index (χ2v) is 7.49. The van der Waals surface area contributed by atoms with E-state index in [0.29, 0.717) is 13.1 Å². The van der Waals surface area contributed by atoms with Crippen molar-refractivity contribution in [3.8, 4) is 0 Å². The number of hydrogen-bond acceptors (Lipinski definition) is 4. The highest BCUT2D eigenvalue weighted by Crippen LogP contribution is 2.26. The Morgan fingerprint density at radius 2 is 1.93 bits per heavy atom. The predicted molar refractivity (Wildman–Crippen MR) is 110 cm³/mol. The first-order valence-corrected chi connectivity index (χ1v) is 9.93. The lowest BCUT2D eigenvalue weighted by molar-refractivity contribution is -0.139. The molecule has 1 aliphatic rings. The largest absolute Gasteiger partial charge is 0.459 e. The molecule has 2 aromatic rings. The molecule has 2 N–H and O–H groups in total. The number of allylic oxidation sites excluding steroid dienone is 1. The molecule has 3 rings (SSSR count). The molecule has 0 unspecified atom stereocenters. The van der Waals surface area contributed by atoms with Gasteiger partial charge in [0, 0.05) is 18.5 Å². The summed E-state index contributed by atoms with van der Waals surface area (Å²) in [7, 11) is 3.84. The highest BCUT2D eigenvalue weighted by atomic mass is 16.3. The molecule has 0 bridgehead atoms. The normalized spacial score (nSPS) is 15.3. The predicted octanol–water partition coefficient (Wildman–Crippen LogP) is 3.16. The van der Waals surface area contributed by atoms with E-state index in [4.69, 9.17) is 4.42 Å². The fourth-order valence-corrected chi connectivity index (χ4v) is 3.52. The summed E-state index contributed by atoms with van der Waals surface area (Å²) in [6.45, 7) is 0.795. The summed E-state index contributed by atoms with van der Waals surface area (Å²) in [4.78, 5) is 26.2. The van der Waals surface area contributed by atoms with Crippen LogP contribution in [0.2, 0.25) is 0 Å². The summed E-state index contributed by atoms with van der Waals surface area (Å²) in [5.74, 6) is -0.435. The number of hydrogen-bond donors (Lipinski definition) is 2. The first-order chi connectivity index (χ1) is 13.5. The molecule has 1 heterocycles. The zero-order valence-electron chi connectivity index (χ0n) is 16.7. The number of amides is 2. The van der Waals surface area contributed by atoms with E-state index in [2.05, 4.69) is 16.7 Å². The van der Waals surface area contributed by atoms with Gasteiger partial charge in [-0.1, -0.05) is 29.8 Å². The molecule has 1 aromatic carbocycles. The monoisotopic (exact) mass is 383 g/mol. The number of carbonyl (C=O) groups excluding carboxylic acids is 2. The standard InChI is InChI=1S/C22H29N3O3/c1-25(2)18(20-14-17-10-6-7-11-19(17)28-20)15-24-22(27)21(26)23-13-12-16-8-4-3-5-9-16/h6-8,10-11,14,18H,3-5,9,12-13,15H2,1-2H3,(H,23,26)(H,24,27)/t18-/m0/s1. The van der Waals surface area contributed by atoms with Gasteiger partial charge in [-0.05, 0) is 58.3 Å². The van der Waals surface area contributed by atoms with Crippen LogP contribution in [-0.4, -0.2) is 43.9 Å². The van der Waals surface area contributed by atoms with Gasteiger partial charge in [0.15, 0.2) is 0 Å². The van der Waals surface area contributed by atoms with Crippen molar-refractivity contribution in [2.45, 2.75) is 38.1 Å². The number of rotatable bonds is 7. The molecule has 28 heavy (non-hydrogen) atoms. The van der Waals surface area contributed by atoms with E-state index in [1.807, 2.05) is 49.3 Å². The maximum absolute atomic E-state index is 12.2. The molecular weight excluding hydrogens is 354 g/mol. The van der Waals surface area contributed by atoms with Crippen molar-refractivity contribution < 1.29 is 14.0 Å². The van der Waals surface area contributed by atoms with Crippen molar-refractivity contribution in [1.82, 2.24) is 15.5 Å². The van der Waals surface area contributed by atoms with Crippen LogP contribution >= 0.6 is 0 Å². The molecule has 1 atom stereocenters. The molecule has 0 spiro atoms. The second kappa shape index (κ2) is 9.55. The topological polar surface area (TPSA) is 74.6 Å². The summed E-state index contributed by atoms with van der Waals surface area (Å²) >= 11 is 0. The molecule has 0 saturated heterocycles. The number of carbonyl (C=O) groups is 2. The van der Waals surface area contributed by atoms with E-state index in [1.54, 1.807) is 0 Å². The molecule has 0 aliphatic heterocycles. The Morgan fingerprint density at radius 1 is 1.14 bits per heavy atom. The fraction of sp³-hybridized carbons (Fsp3) is 0.455. The van der Waals surface area contributed by atoms with E-state index >= 15 is 0 Å². The average Bonchev–Trinajstić information content (AvgIpc) is 3.12. The molecule has 6 heteroatoms. The summed E-state index contributed by atoms with van der Waals surface area (Å²) in [6, 6.07) is 9.61. The van der Waals surface area contributed by atoms with Crippen LogP contribution in [0.3, 0.4) is 0 Å². The summed E-state index contributed by atoms with van der Waals surface area (Å²) in [5.41, 5.74) is 2.19. The number of benzene rings is 1. The molecule has 2 amide bonds. The Labute approximate surface area is 166 Å². The van der Waals surface area contributed by atoms with Crippen LogP contribution in [-0.2, 0) is 9.59 Å². The first kappa shape index (κ1) is 20.1. The molecule has 0 radical (unpaired) electrons. The smallest absolute Gasteiger partial charge is 0.309 e. The molecule has 6 nitrogen and oxygen atoms in total. The summed E-state index contributed by atoms with van der Waals surface area (Å²) in [6.07, 6.45) is 7.76. The number of nitrogens with zero attached hydrogens (tertiary/aromatic N) is 1. The van der Waals surface area contributed by atoms with Crippen LogP contribution in [0.25, 0.3) is 11.0 Å². The van der Waals surface area contributed by atoms with Gasteiger partial charge in [0.1, 0.15) is 11.3 Å². The van der Waals surface area contributed by atoms with Crippen molar-refractivity contribution >= 4 is 22.8 Å². The fourth-order valence-electron chi connectivity index (χ4n) is 3.52. The van der Waals surface area contributed by atoms with E-state index < -0.39 is 11.8 Å². The Hall–Kier alpha value is -2.60. The number of furan rings is 1. The average molecular weight is 383 g/mol. The Morgan fingerprint density at radius 3 is 2.64 bits per heavy atom. The van der Waals surface area contributed by atoms with Crippen molar-refractivity contribution in [2.24, 2.45) is 0 Å². The van der Waals surface area contributed by atoms with Gasteiger partial charge < -0.3 is 15.1 Å². The van der Waals surface area contributed by atoms with Crippen molar-refractivity contribution in [1.29, 1.82) is 0 Å². The molecule has 0 saturated carbocycles. The highest BCUT2D eigenvalue weighted by Gasteiger charge is 2.21. The van der Waals surface area contributed by atoms with Crippen LogP contribution in [0, 0.1) is 0 Å². The van der Waals surface area contributed by atoms with Crippen molar-refractivity contribution in [3.63, 3.8) is 0 Å². The van der Waals surface area contributed by atoms with E-state index in [1.165, 1.54) is 18.4 Å². The van der Waals surface area contributed by atoms with Gasteiger partial charge in [0.25, 0.3) is 0 Å². The minimum absolute atomic E-state index is 0.156. The first-order valence-electron chi connectivity index (χ1n) is 9.93. The third kappa shape index (κ3) is 5.23. The zero-order valence-corrected chi connectivity index (χ0v) is 16.7. The molecular formula is C22H29N3O3. The van der Waals surface area contributed by atoms with Crippen LogP contribution in [0.1, 0.15) is 43.9 Å². The van der Waals surface area contributed by atoms with Crippen LogP contribution in [0.5, 0.6) is 0 Å². The van der Waals surface area contributed by atoms with Gasteiger partial charge in [0.05, 0.1) is 6.04 Å². The van der Waals surface area contributed by atoms with Crippen LogP contribution < -0.4 is 10.6 Å². The van der Waals surface area contributed by atoms with Crippen LogP contribution in [0.15, 0.2) is 46.4 Å². The van der Waals surface area contributed by atoms with Gasteiger partial charge in [0.2, 0.25) is 0 Å². The SMILES string of the molecule is CN(C)[C@@H](CNC(=O)C(=O)NCCC1=CCCCC1)c1cc2ccccc2o1. The molecule has 1 aromatic heterocycles. The van der Waals surface area contributed by atoms with E-state index in [0.717, 1.165) is 36.0 Å². The third-order valence-corrected chi connectivity index (χ3v) is 5.18. The van der Waals surface area contributed by atoms with E-state index in [9.17, 15) is 9.59 Å². The van der Waals surface area contributed by atoms with Gasteiger partial charge in [-0.3, -0.25) is 14.5 Å². The Balaban J connectivity index is 1.50. The minimum atomic E-state index is -0.611. The van der Waals surface area contributed by atoms with Crippen LogP contribution in [0.4, 0.5) is 0 Å².